The van der Waals surface area contributed by atoms with Crippen molar-refractivity contribution in [3.63, 3.8) is 0 Å². The van der Waals surface area contributed by atoms with Crippen LogP contribution in [-0.2, 0) is 125 Å². The molecule has 2 radical (unpaired) electrons. The minimum atomic E-state index is -3.44. The standard InChI is InChI=1S/2C27H28N3O3P.C17H15NO2.C11H10BrNO2.C6H7BO2.CHO3.2ClH.2K.Pd/c2*31-25-22(16-19-10-4-1-5-11-19)29-34(26(32)23(28-25)17-20-12-6-2-7-13-20)27(33)24(30-34)18-21-14-8-3-9-15-21;1-20-17(19)10-14-11-18-16-8-7-13(9-15(14)16)12-5-3-2-4-6-12;1-15-11(14)4-7-6-13-10-3-2-8(12)5-9(7)10;8-7(9)6-4-2-1-3-5-6;2-1-4-3;;;;;/h2*1-15,22-24,29-30,34H,16-18H2,(H,28,31);2-9,11,18H,10H2,1H3;2-3,5-6,13H,4H2,1H3;1-5,8-9H;3H;2*1H;;;/q;;;;;-1;;;;;+2/p-2. The van der Waals surface area contributed by atoms with Gasteiger partial charge >= 0.3 is 453 Å². The smallest absolute Gasteiger partial charge is 0 e. The third kappa shape index (κ3) is 28.2. The summed E-state index contributed by atoms with van der Waals surface area (Å²) in [5.74, 6) is -0.945. The van der Waals surface area contributed by atoms with Gasteiger partial charge in [0.1, 0.15) is 0 Å². The van der Waals surface area contributed by atoms with Gasteiger partial charge in [-0.3, -0.25) is 9.59 Å². The number of ether oxygens (including phenoxy) is 2. The first-order chi connectivity index (χ1) is 57.7. The van der Waals surface area contributed by atoms with E-state index < -0.39 is 58.5 Å². The predicted octanol–water partition coefficient (Wildman–Crippen LogP) is 11.3. The maximum absolute atomic E-state index is 13.8. The normalized spacial score (nSPS) is 18.0. The summed E-state index contributed by atoms with van der Waals surface area (Å²) in [5, 5.41) is 45.4. The second-order valence-electron chi connectivity index (χ2n) is 28.0. The van der Waals surface area contributed by atoms with Gasteiger partial charge in [-0.25, -0.2) is 5.26 Å². The van der Waals surface area contributed by atoms with Gasteiger partial charge in [-0.2, -0.15) is 0 Å². The first-order valence-electron chi connectivity index (χ1n) is 37.8. The molecule has 16 rings (SSSR count). The van der Waals surface area contributed by atoms with Crippen molar-refractivity contribution >= 4 is 240 Å². The molecule has 32 heteroatoms. The van der Waals surface area contributed by atoms with Gasteiger partial charge in [-0.1, -0.05) is 82.7 Å². The van der Waals surface area contributed by atoms with Crippen LogP contribution in [0.4, 0.5) is 0 Å². The van der Waals surface area contributed by atoms with Gasteiger partial charge in [0.15, 0.2) is 0 Å². The molecule has 0 saturated carbocycles. The Kier molecular flexibility index (Phi) is 41.7. The third-order valence-electron chi connectivity index (χ3n) is 20.1. The molecule has 12 aromatic rings. The third-order valence-corrected chi connectivity index (χ3v) is 28.1. The van der Waals surface area contributed by atoms with Crippen molar-refractivity contribution in [3.8, 4) is 11.1 Å². The number of carbonyl (C=O) groups excluding carboxylic acids is 9. The van der Waals surface area contributed by atoms with Crippen molar-refractivity contribution in [2.75, 3.05) is 14.2 Å². The summed E-state index contributed by atoms with van der Waals surface area (Å²) >= 11 is 3.30. The van der Waals surface area contributed by atoms with E-state index in [4.69, 9.17) is 43.9 Å². The predicted molar refractivity (Wildman–Crippen MR) is 479 cm³/mol. The molecular weight excluding hydrogens is 1830 g/mol. The van der Waals surface area contributed by atoms with Crippen LogP contribution < -0.4 is 36.4 Å². The van der Waals surface area contributed by atoms with Gasteiger partial charge < -0.3 is 39.2 Å². The zero-order valence-electron chi connectivity index (χ0n) is 66.6. The molecular formula is C89H89BBrCl2K2N8O15P2Pd-. The molecule has 622 valence electrons. The van der Waals surface area contributed by atoms with Gasteiger partial charge in [0.2, 0.25) is 0 Å². The molecule has 4 fully saturated rings. The fourth-order valence-corrected chi connectivity index (χ4v) is 21.7. The topological polar surface area (TPSA) is 346 Å². The molecule has 2 amide bonds. The summed E-state index contributed by atoms with van der Waals surface area (Å²) in [6, 6.07) is 85.4. The van der Waals surface area contributed by atoms with Crippen LogP contribution in [0, 0.1) is 0 Å². The van der Waals surface area contributed by atoms with E-state index in [1.54, 1.807) is 24.3 Å². The Morgan fingerprint density at radius 2 is 0.702 bits per heavy atom. The first-order valence-corrected chi connectivity index (χ1v) is 46.6. The van der Waals surface area contributed by atoms with Gasteiger partial charge in [0.25, 0.3) is 0 Å². The van der Waals surface area contributed by atoms with Gasteiger partial charge in [-0.05, 0) is 64.5 Å². The Balaban J connectivity index is 0.000000194. The van der Waals surface area contributed by atoms with Gasteiger partial charge in [-0.15, -0.1) is 0 Å². The molecule has 4 saturated heterocycles. The van der Waals surface area contributed by atoms with Crippen LogP contribution in [0.25, 0.3) is 32.9 Å². The maximum Gasteiger partial charge on any atom is 0 e. The number of hydrogen-bond donors (Lipinski definition) is 11. The minimum Gasteiger partial charge on any atom is 0 e. The maximum atomic E-state index is 13.8. The summed E-state index contributed by atoms with van der Waals surface area (Å²) in [6.07, 6.45) is 6.88. The van der Waals surface area contributed by atoms with Crippen molar-refractivity contribution < 1.29 is 88.8 Å². The van der Waals surface area contributed by atoms with Crippen molar-refractivity contribution in [1.29, 1.82) is 0 Å². The average molecular weight is 1920 g/mol. The van der Waals surface area contributed by atoms with Crippen LogP contribution in [0.3, 0.4) is 0 Å². The number of carbonyl (C=O) groups is 8. The number of esters is 2. The molecule has 11 N–H and O–H groups in total. The van der Waals surface area contributed by atoms with Crippen LogP contribution in [0.2, 0.25) is 0 Å². The Hall–Kier alpha value is -7.05. The van der Waals surface area contributed by atoms with Gasteiger partial charge in [0, 0.05) is 141 Å². The van der Waals surface area contributed by atoms with Crippen LogP contribution in [0.5, 0.6) is 0 Å². The number of benzene rings is 10. The van der Waals surface area contributed by atoms with Crippen molar-refractivity contribution in [1.82, 2.24) is 41.0 Å². The summed E-state index contributed by atoms with van der Waals surface area (Å²) in [6.45, 7) is 0.736. The number of aromatic nitrogens is 2. The summed E-state index contributed by atoms with van der Waals surface area (Å²) in [4.78, 5) is 121. The summed E-state index contributed by atoms with van der Waals surface area (Å²) in [7, 11) is 4.21. The molecule has 2 aromatic heterocycles. The molecule has 10 aromatic carbocycles. The molecule has 0 aliphatic carbocycles. The average Bonchev–Trinajstić information content (AvgIpc) is 1.72. The molecule has 6 atom stereocenters. The SMILES string of the molecule is COC(=O)Cc1c[nH]c2ccc(-c3ccccc3)cc12.COC(=O)Cc1c[nH]c2ccc(Br)cc12.O=C1NC(Cc2ccccc2)C(=O)[PH]2(NC1Cc1ccccc1)NC(Cc1ccccc1)C2=O.O=C1NC(Cc2ccccc2)C(=O)[PH]2(NC1Cc1ccccc1)NC(Cc1ccccc1)C2=O.O=[C-]OO.OB(O)c1ccccc1.[Cl][Pd][Cl].[K].[K]. The molecule has 121 heavy (non-hydrogen) atoms. The number of rotatable bonds is 19. The Morgan fingerprint density at radius 1 is 0.421 bits per heavy atom. The number of aromatic amines is 2. The van der Waals surface area contributed by atoms with E-state index >= 15 is 0 Å². The molecule has 23 nitrogen and oxygen atoms in total. The first kappa shape index (κ1) is 99.4. The van der Waals surface area contributed by atoms with Crippen LogP contribution >= 0.6 is 50.1 Å². The molecule has 4 aliphatic heterocycles. The zero-order valence-corrected chi connectivity index (χ0v) is 79.5. The molecule has 4 aliphatic rings. The fourth-order valence-electron chi connectivity index (χ4n) is 14.2. The number of H-pyrrole nitrogens is 2. The second-order valence-corrected chi connectivity index (χ2v) is 37.4. The monoisotopic (exact) mass is 1920 g/mol. The van der Waals surface area contributed by atoms with E-state index in [-0.39, 0.29) is 171 Å². The van der Waals surface area contributed by atoms with E-state index in [1.165, 1.54) is 19.8 Å². The zero-order chi connectivity index (χ0) is 84.7. The van der Waals surface area contributed by atoms with E-state index in [9.17, 15) is 38.4 Å². The van der Waals surface area contributed by atoms with Crippen LogP contribution in [0.1, 0.15) is 44.5 Å². The second kappa shape index (κ2) is 50.8. The molecule has 6 heterocycles. The van der Waals surface area contributed by atoms with Crippen LogP contribution in [0.15, 0.2) is 296 Å². The number of fused-ring (bicyclic) bond motifs is 2. The minimum absolute atomic E-state index is 0. The van der Waals surface area contributed by atoms with Gasteiger partial charge in [0.05, 0.1) is 27.1 Å². The molecule has 2 spiro atoms. The van der Waals surface area contributed by atoms with E-state index in [2.05, 4.69) is 90.8 Å². The number of methoxy groups -OCH3 is 2. The molecule has 6 unspecified atom stereocenters. The Labute approximate surface area is 812 Å². The number of amides is 2. The Morgan fingerprint density at radius 3 is 1.01 bits per heavy atom. The van der Waals surface area contributed by atoms with Crippen LogP contribution in [-0.4, -0.2) is 238 Å². The fraction of sp³-hybridized carbons (Fsp3) is 0.180. The summed E-state index contributed by atoms with van der Waals surface area (Å²) in [5.41, 5.74) is 12.2. The van der Waals surface area contributed by atoms with Crippen molar-refractivity contribution in [2.24, 2.45) is 0 Å². The summed E-state index contributed by atoms with van der Waals surface area (Å²) < 4.78 is 10.4. The largest absolute Gasteiger partial charge is 0 e. The van der Waals surface area contributed by atoms with Crippen molar-refractivity contribution in [2.45, 2.75) is 87.6 Å². The number of hydrogen-bond acceptors (Lipinski definition) is 19. The Bertz CT molecular complexity index is 5170. The molecule has 0 bridgehead atoms. The van der Waals surface area contributed by atoms with E-state index in [0.29, 0.717) is 50.4 Å². The van der Waals surface area contributed by atoms with E-state index in [1.807, 2.05) is 243 Å². The number of halogens is 3. The number of nitrogens with one attached hydrogen (secondary N) is 8. The quantitative estimate of drug-likeness (QED) is 0.00681. The van der Waals surface area contributed by atoms with E-state index in [0.717, 1.165) is 82.8 Å². The van der Waals surface area contributed by atoms with Crippen molar-refractivity contribution in [3.05, 3.63) is 340 Å².